The Morgan fingerprint density at radius 2 is 2.06 bits per heavy atom. The van der Waals surface area contributed by atoms with Crippen LogP contribution in [0.25, 0.3) is 11.5 Å². The standard InChI is InChI=1S/C10H11N2O4P/c1-6-5-11-7(2)9(12-6)10-8(3-4-16-10)17(13,14)15/h3-5H,1-2H3,(H2,13,14,15). The highest BCUT2D eigenvalue weighted by Gasteiger charge is 2.26. The van der Waals surface area contributed by atoms with Gasteiger partial charge in [0, 0.05) is 6.20 Å². The fourth-order valence-electron chi connectivity index (χ4n) is 1.46. The topological polar surface area (TPSA) is 96.5 Å². The summed E-state index contributed by atoms with van der Waals surface area (Å²) in [5, 5.41) is -0.166. The molecule has 0 aliphatic heterocycles. The van der Waals surface area contributed by atoms with Crippen molar-refractivity contribution in [3.63, 3.8) is 0 Å². The van der Waals surface area contributed by atoms with Crippen LogP contribution in [-0.4, -0.2) is 19.8 Å². The van der Waals surface area contributed by atoms with Crippen molar-refractivity contribution >= 4 is 12.9 Å². The van der Waals surface area contributed by atoms with Crippen LogP contribution in [0.2, 0.25) is 0 Å². The van der Waals surface area contributed by atoms with Crippen LogP contribution >= 0.6 is 7.60 Å². The minimum atomic E-state index is -4.37. The second-order valence-corrected chi connectivity index (χ2v) is 5.19. The minimum absolute atomic E-state index is 0.0760. The average molecular weight is 254 g/mol. The summed E-state index contributed by atoms with van der Waals surface area (Å²) < 4.78 is 16.4. The van der Waals surface area contributed by atoms with Crippen LogP contribution in [0.3, 0.4) is 0 Å². The summed E-state index contributed by atoms with van der Waals surface area (Å²) in [6, 6.07) is 1.25. The van der Waals surface area contributed by atoms with Crippen molar-refractivity contribution in [3.05, 3.63) is 29.9 Å². The van der Waals surface area contributed by atoms with Gasteiger partial charge >= 0.3 is 7.60 Å². The van der Waals surface area contributed by atoms with E-state index in [0.29, 0.717) is 17.1 Å². The predicted octanol–water partition coefficient (Wildman–Crippen LogP) is 1.16. The van der Waals surface area contributed by atoms with Crippen molar-refractivity contribution in [2.75, 3.05) is 0 Å². The fourth-order valence-corrected chi connectivity index (χ4v) is 2.14. The van der Waals surface area contributed by atoms with Crippen molar-refractivity contribution in [2.45, 2.75) is 13.8 Å². The molecule has 7 heteroatoms. The number of furan rings is 1. The molecular formula is C10H11N2O4P. The summed E-state index contributed by atoms with van der Waals surface area (Å²) >= 11 is 0. The second-order valence-electron chi connectivity index (χ2n) is 3.62. The normalized spacial score (nSPS) is 11.8. The van der Waals surface area contributed by atoms with E-state index >= 15 is 0 Å². The third-order valence-corrected chi connectivity index (χ3v) is 3.23. The van der Waals surface area contributed by atoms with Crippen molar-refractivity contribution in [2.24, 2.45) is 0 Å². The van der Waals surface area contributed by atoms with Gasteiger partial charge in [0.2, 0.25) is 0 Å². The molecule has 0 unspecified atom stereocenters. The van der Waals surface area contributed by atoms with Gasteiger partial charge in [0.05, 0.1) is 17.7 Å². The number of hydrogen-bond donors (Lipinski definition) is 2. The van der Waals surface area contributed by atoms with Gasteiger partial charge in [0.15, 0.2) is 5.76 Å². The van der Waals surface area contributed by atoms with Gasteiger partial charge in [0.25, 0.3) is 0 Å². The maximum absolute atomic E-state index is 11.3. The van der Waals surface area contributed by atoms with E-state index in [1.807, 2.05) is 0 Å². The Balaban J connectivity index is 2.66. The van der Waals surface area contributed by atoms with Gasteiger partial charge < -0.3 is 14.2 Å². The molecule has 2 N–H and O–H groups in total. The molecule has 0 saturated carbocycles. The number of aromatic nitrogens is 2. The van der Waals surface area contributed by atoms with Crippen LogP contribution < -0.4 is 5.30 Å². The van der Waals surface area contributed by atoms with Gasteiger partial charge in [0.1, 0.15) is 11.0 Å². The lowest BCUT2D eigenvalue weighted by atomic mass is 10.2. The third-order valence-electron chi connectivity index (χ3n) is 2.25. The summed E-state index contributed by atoms with van der Waals surface area (Å²) in [6.07, 6.45) is 2.81. The molecular weight excluding hydrogens is 243 g/mol. The van der Waals surface area contributed by atoms with Crippen LogP contribution in [-0.2, 0) is 4.57 Å². The van der Waals surface area contributed by atoms with Crippen molar-refractivity contribution in [1.29, 1.82) is 0 Å². The Morgan fingerprint density at radius 1 is 1.35 bits per heavy atom. The highest BCUT2D eigenvalue weighted by molar-refractivity contribution is 7.60. The zero-order valence-corrected chi connectivity index (χ0v) is 10.2. The molecule has 0 saturated heterocycles. The van der Waals surface area contributed by atoms with E-state index < -0.39 is 7.60 Å². The van der Waals surface area contributed by atoms with Crippen LogP contribution in [0.1, 0.15) is 11.4 Å². The Morgan fingerprint density at radius 3 is 2.71 bits per heavy atom. The van der Waals surface area contributed by atoms with E-state index in [4.69, 9.17) is 4.42 Å². The zero-order valence-electron chi connectivity index (χ0n) is 9.28. The smallest absolute Gasteiger partial charge is 0.360 e. The van der Waals surface area contributed by atoms with Gasteiger partial charge in [-0.1, -0.05) is 0 Å². The van der Waals surface area contributed by atoms with Gasteiger partial charge in [-0.25, -0.2) is 4.98 Å². The average Bonchev–Trinajstić information content (AvgIpc) is 2.69. The molecule has 17 heavy (non-hydrogen) atoms. The molecule has 2 aromatic heterocycles. The molecule has 2 heterocycles. The highest BCUT2D eigenvalue weighted by Crippen LogP contribution is 2.38. The molecule has 0 amide bonds. The van der Waals surface area contributed by atoms with Crippen LogP contribution in [0.15, 0.2) is 22.9 Å². The maximum atomic E-state index is 11.3. The first kappa shape index (κ1) is 12.0. The quantitative estimate of drug-likeness (QED) is 0.780. The molecule has 0 atom stereocenters. The van der Waals surface area contributed by atoms with Crippen molar-refractivity contribution < 1.29 is 18.8 Å². The number of aryl methyl sites for hydroxylation is 2. The fraction of sp³-hybridized carbons (Fsp3) is 0.200. The third kappa shape index (κ3) is 2.29. The largest absolute Gasteiger partial charge is 0.462 e. The molecule has 0 aliphatic rings. The molecule has 0 radical (unpaired) electrons. The Labute approximate surface area is 97.5 Å². The lowest BCUT2D eigenvalue weighted by Gasteiger charge is -2.06. The number of hydrogen-bond acceptors (Lipinski definition) is 4. The van der Waals surface area contributed by atoms with E-state index in [9.17, 15) is 14.4 Å². The molecule has 0 bridgehead atoms. The van der Waals surface area contributed by atoms with Crippen LogP contribution in [0.5, 0.6) is 0 Å². The summed E-state index contributed by atoms with van der Waals surface area (Å²) in [6.45, 7) is 3.45. The van der Waals surface area contributed by atoms with E-state index in [2.05, 4.69) is 9.97 Å². The van der Waals surface area contributed by atoms with E-state index in [1.54, 1.807) is 20.0 Å². The van der Waals surface area contributed by atoms with Gasteiger partial charge in [-0.15, -0.1) is 0 Å². The van der Waals surface area contributed by atoms with Crippen molar-refractivity contribution in [3.8, 4) is 11.5 Å². The Bertz CT molecular complexity index is 602. The summed E-state index contributed by atoms with van der Waals surface area (Å²) in [5.41, 5.74) is 1.56. The first-order valence-electron chi connectivity index (χ1n) is 4.84. The van der Waals surface area contributed by atoms with Crippen LogP contribution in [0, 0.1) is 13.8 Å². The number of rotatable bonds is 2. The molecule has 2 aromatic rings. The predicted molar refractivity (Wildman–Crippen MR) is 60.9 cm³/mol. The molecule has 0 aromatic carbocycles. The van der Waals surface area contributed by atoms with E-state index in [-0.39, 0.29) is 11.1 Å². The molecule has 6 nitrogen and oxygen atoms in total. The summed E-state index contributed by atoms with van der Waals surface area (Å²) in [5.74, 6) is 0.0760. The molecule has 0 spiro atoms. The molecule has 90 valence electrons. The first-order chi connectivity index (χ1) is 7.89. The lowest BCUT2D eigenvalue weighted by molar-refractivity contribution is 0.387. The van der Waals surface area contributed by atoms with E-state index in [0.717, 1.165) is 0 Å². The van der Waals surface area contributed by atoms with Gasteiger partial charge in [-0.05, 0) is 19.9 Å². The Kier molecular flexibility index (Phi) is 2.87. The molecule has 0 fully saturated rings. The highest BCUT2D eigenvalue weighted by atomic mass is 31.2. The van der Waals surface area contributed by atoms with E-state index in [1.165, 1.54) is 12.3 Å². The van der Waals surface area contributed by atoms with Gasteiger partial charge in [-0.2, -0.15) is 0 Å². The SMILES string of the molecule is Cc1cnc(C)c(-c2occc2P(=O)(O)O)n1. The van der Waals surface area contributed by atoms with Gasteiger partial charge in [-0.3, -0.25) is 9.55 Å². The lowest BCUT2D eigenvalue weighted by Crippen LogP contribution is -2.06. The monoisotopic (exact) mass is 254 g/mol. The molecule has 2 rings (SSSR count). The summed E-state index contributed by atoms with van der Waals surface area (Å²) in [7, 11) is -4.37. The number of nitrogens with zero attached hydrogens (tertiary/aromatic N) is 2. The van der Waals surface area contributed by atoms with Crippen LogP contribution in [0.4, 0.5) is 0 Å². The van der Waals surface area contributed by atoms with Crippen molar-refractivity contribution in [1.82, 2.24) is 9.97 Å². The first-order valence-corrected chi connectivity index (χ1v) is 6.45. The Hall–Kier alpha value is -1.49. The summed E-state index contributed by atoms with van der Waals surface area (Å²) in [4.78, 5) is 26.6. The maximum Gasteiger partial charge on any atom is 0.360 e. The zero-order chi connectivity index (χ0) is 12.6. The molecule has 0 aliphatic carbocycles. The second kappa shape index (κ2) is 4.07. The minimum Gasteiger partial charge on any atom is -0.462 e.